The minimum Gasteiger partial charge on any atom is -0.387 e. The van der Waals surface area contributed by atoms with Crippen LogP contribution in [0.5, 0.6) is 0 Å². The molecule has 0 aromatic heterocycles. The first-order valence-corrected chi connectivity index (χ1v) is 38.5. The third-order valence-corrected chi connectivity index (χ3v) is 18.0. The number of phosphoric ester groups is 1. The molecule has 0 aliphatic rings. The lowest BCUT2D eigenvalue weighted by Crippen LogP contribution is -2.45. The third kappa shape index (κ3) is 68.0. The second-order valence-electron chi connectivity index (χ2n) is 26.7. The van der Waals surface area contributed by atoms with Crippen molar-refractivity contribution < 1.29 is 32.9 Å². The lowest BCUT2D eigenvalue weighted by molar-refractivity contribution is -0.870. The van der Waals surface area contributed by atoms with Crippen LogP contribution in [0, 0.1) is 0 Å². The van der Waals surface area contributed by atoms with Crippen LogP contribution in [0.15, 0.2) is 48.6 Å². The molecule has 84 heavy (non-hydrogen) atoms. The molecule has 0 heterocycles. The molecule has 0 saturated carbocycles. The van der Waals surface area contributed by atoms with E-state index in [1.807, 2.05) is 27.2 Å². The minimum atomic E-state index is -4.36. The molecule has 3 unspecified atom stereocenters. The highest BCUT2D eigenvalue weighted by Crippen LogP contribution is 2.43. The normalized spacial score (nSPS) is 13.8. The van der Waals surface area contributed by atoms with Crippen molar-refractivity contribution in [3.8, 4) is 0 Å². The van der Waals surface area contributed by atoms with Crippen molar-refractivity contribution in [2.45, 2.75) is 386 Å². The highest BCUT2D eigenvalue weighted by Gasteiger charge is 2.28. The molecule has 8 nitrogen and oxygen atoms in total. The number of carbonyl (C=O) groups excluding carboxylic acids is 1. The zero-order valence-corrected chi connectivity index (χ0v) is 57.8. The van der Waals surface area contributed by atoms with Gasteiger partial charge in [0.1, 0.15) is 13.2 Å². The van der Waals surface area contributed by atoms with Crippen molar-refractivity contribution in [3.05, 3.63) is 48.6 Å². The lowest BCUT2D eigenvalue weighted by Gasteiger charge is -2.25. The number of nitrogens with zero attached hydrogens (tertiary/aromatic N) is 1. The summed E-state index contributed by atoms with van der Waals surface area (Å²) >= 11 is 0. The fourth-order valence-electron chi connectivity index (χ4n) is 11.3. The Morgan fingerprint density at radius 1 is 0.405 bits per heavy atom. The Kier molecular flexibility index (Phi) is 64.7. The smallest absolute Gasteiger partial charge is 0.387 e. The van der Waals surface area contributed by atoms with Crippen molar-refractivity contribution >= 4 is 13.7 Å². The molecule has 496 valence electrons. The number of hydrogen-bond acceptors (Lipinski definition) is 5. The topological polar surface area (TPSA) is 105 Å². The molecule has 3 atom stereocenters. The number of amides is 1. The molecule has 0 spiro atoms. The molecule has 1 amide bonds. The molecule has 0 aromatic rings. The molecule has 0 fully saturated rings. The summed E-state index contributed by atoms with van der Waals surface area (Å²) < 4.78 is 23.9. The van der Waals surface area contributed by atoms with Crippen LogP contribution in [0.25, 0.3) is 0 Å². The summed E-state index contributed by atoms with van der Waals surface area (Å²) in [7, 11) is 1.59. The van der Waals surface area contributed by atoms with Gasteiger partial charge in [-0.1, -0.05) is 358 Å². The van der Waals surface area contributed by atoms with Crippen molar-refractivity contribution in [3.63, 3.8) is 0 Å². The Morgan fingerprint density at radius 2 is 0.679 bits per heavy atom. The molecular weight excluding hydrogens is 1060 g/mol. The Hall–Kier alpha value is -1.54. The maximum absolute atomic E-state index is 13.1. The zero-order valence-electron chi connectivity index (χ0n) is 56.9. The molecule has 3 N–H and O–H groups in total. The van der Waals surface area contributed by atoms with Crippen LogP contribution < -0.4 is 5.32 Å². The summed E-state index contributed by atoms with van der Waals surface area (Å²) in [6.45, 7) is 4.86. The average Bonchev–Trinajstić information content (AvgIpc) is 3.56. The van der Waals surface area contributed by atoms with Crippen molar-refractivity contribution in [1.82, 2.24) is 5.32 Å². The number of allylic oxidation sites excluding steroid dienone is 7. The maximum Gasteiger partial charge on any atom is 0.472 e. The largest absolute Gasteiger partial charge is 0.472 e. The van der Waals surface area contributed by atoms with Gasteiger partial charge in [-0.2, -0.15) is 0 Å². The van der Waals surface area contributed by atoms with E-state index >= 15 is 0 Å². The third-order valence-electron chi connectivity index (χ3n) is 17.0. The van der Waals surface area contributed by atoms with Crippen molar-refractivity contribution in [2.75, 3.05) is 40.9 Å². The van der Waals surface area contributed by atoms with E-state index in [1.54, 1.807) is 6.08 Å². The van der Waals surface area contributed by atoms with E-state index in [0.717, 1.165) is 51.4 Å². The minimum absolute atomic E-state index is 0.0623. The van der Waals surface area contributed by atoms with Crippen molar-refractivity contribution in [1.29, 1.82) is 0 Å². The van der Waals surface area contributed by atoms with Crippen molar-refractivity contribution in [2.24, 2.45) is 0 Å². The summed E-state index contributed by atoms with van der Waals surface area (Å²) in [5.74, 6) is -0.171. The van der Waals surface area contributed by atoms with Crippen LogP contribution in [0.3, 0.4) is 0 Å². The second-order valence-corrected chi connectivity index (χ2v) is 28.1. The Labute approximate surface area is 524 Å². The highest BCUT2D eigenvalue weighted by molar-refractivity contribution is 7.47. The molecule has 9 heteroatoms. The number of quaternary nitrogens is 1. The number of aliphatic hydroxyl groups excluding tert-OH is 1. The molecule has 0 saturated heterocycles. The van der Waals surface area contributed by atoms with Gasteiger partial charge in [-0.25, -0.2) is 4.57 Å². The standard InChI is InChI=1S/C75H145N2O6P/c1-6-8-10-12-14-16-18-20-22-24-26-28-30-32-34-36-38-40-42-44-46-48-50-52-54-56-58-60-62-64-66-68-74(78)73(72-83-84(80,81)82-71-70-77(3,4)5)76-75(79)69-67-65-63-61-59-57-55-53-51-49-47-45-43-41-39-37-35-33-31-29-27-25-23-21-19-17-15-13-11-9-7-2/h19,21,25,27,31,33,66,68,73-74,78H,6-18,20,22-24,26,28-30,32,34-65,67,69-72H2,1-5H3,(H-,76,79,80,81)/p+1/b21-19-,27-25-,33-31-,68-66+. The number of hydrogen-bond donors (Lipinski definition) is 3. The van der Waals surface area contributed by atoms with Gasteiger partial charge in [0.05, 0.1) is 39.9 Å². The predicted octanol–water partition coefficient (Wildman–Crippen LogP) is 23.8. The van der Waals surface area contributed by atoms with E-state index in [9.17, 15) is 19.4 Å². The summed E-state index contributed by atoms with van der Waals surface area (Å²) in [5.41, 5.74) is 0. The van der Waals surface area contributed by atoms with Gasteiger partial charge in [0, 0.05) is 6.42 Å². The van der Waals surface area contributed by atoms with Crippen LogP contribution in [0.4, 0.5) is 0 Å². The van der Waals surface area contributed by atoms with Crippen LogP contribution in [-0.2, 0) is 18.4 Å². The van der Waals surface area contributed by atoms with Gasteiger partial charge in [0.2, 0.25) is 5.91 Å². The van der Waals surface area contributed by atoms with Gasteiger partial charge < -0.3 is 19.8 Å². The summed E-state index contributed by atoms with van der Waals surface area (Å²) in [6.07, 6.45) is 89.9. The van der Waals surface area contributed by atoms with E-state index in [0.29, 0.717) is 17.4 Å². The predicted molar refractivity (Wildman–Crippen MR) is 369 cm³/mol. The van der Waals surface area contributed by atoms with E-state index in [4.69, 9.17) is 9.05 Å². The quantitative estimate of drug-likeness (QED) is 0.0243. The number of phosphoric acid groups is 1. The number of nitrogens with one attached hydrogen (secondary N) is 1. The van der Waals surface area contributed by atoms with Gasteiger partial charge >= 0.3 is 7.82 Å². The Morgan fingerprint density at radius 3 is 0.988 bits per heavy atom. The fraction of sp³-hybridized carbons (Fsp3) is 0.880. The van der Waals surface area contributed by atoms with E-state index in [1.165, 1.54) is 302 Å². The van der Waals surface area contributed by atoms with Crippen LogP contribution in [0.2, 0.25) is 0 Å². The number of unbranched alkanes of at least 4 members (excludes halogenated alkanes) is 50. The number of likely N-dealkylation sites (N-methyl/N-ethyl adjacent to an activating group) is 1. The SMILES string of the molecule is CCCCCCC/C=C\C/C=C\C/C=C\CCCCCCCCCCCCCCCCCCC(=O)NC(COP(=O)(O)OCC[N+](C)(C)C)C(O)/C=C/CCCCCCCCCCCCCCCCCCCCCCCCCCCCCCC. The first-order valence-electron chi connectivity index (χ1n) is 37.0. The Bertz CT molecular complexity index is 1510. The first-order chi connectivity index (χ1) is 41.0. The molecule has 0 aliphatic carbocycles. The molecule has 0 aromatic carbocycles. The van der Waals surface area contributed by atoms with Crippen LogP contribution in [-0.4, -0.2) is 73.4 Å². The van der Waals surface area contributed by atoms with Gasteiger partial charge in [0.25, 0.3) is 0 Å². The molecular formula is C75H146N2O6P+. The van der Waals surface area contributed by atoms with E-state index in [2.05, 4.69) is 55.6 Å². The number of aliphatic hydroxyl groups is 1. The number of carbonyl (C=O) groups is 1. The zero-order chi connectivity index (χ0) is 61.2. The van der Waals surface area contributed by atoms with Crippen LogP contribution >= 0.6 is 7.82 Å². The molecule has 0 radical (unpaired) electrons. The maximum atomic E-state index is 13.1. The van der Waals surface area contributed by atoms with Gasteiger partial charge in [-0.3, -0.25) is 13.8 Å². The molecule has 0 bridgehead atoms. The molecule has 0 rings (SSSR count). The lowest BCUT2D eigenvalue weighted by atomic mass is 10.0. The fourth-order valence-corrected chi connectivity index (χ4v) is 12.0. The number of rotatable bonds is 69. The summed E-state index contributed by atoms with van der Waals surface area (Å²) in [5, 5.41) is 14.0. The molecule has 0 aliphatic heterocycles. The Balaban J connectivity index is 4.03. The van der Waals surface area contributed by atoms with Gasteiger partial charge in [-0.05, 0) is 57.8 Å². The summed E-state index contributed by atoms with van der Waals surface area (Å²) in [6, 6.07) is -0.849. The average molecular weight is 1200 g/mol. The monoisotopic (exact) mass is 1200 g/mol. The highest BCUT2D eigenvalue weighted by atomic mass is 31.2. The second kappa shape index (κ2) is 65.9. The van der Waals surface area contributed by atoms with E-state index < -0.39 is 20.0 Å². The summed E-state index contributed by atoms with van der Waals surface area (Å²) in [4.78, 5) is 23.5. The first kappa shape index (κ1) is 82.5. The van der Waals surface area contributed by atoms with Crippen LogP contribution in [0.1, 0.15) is 373 Å². The van der Waals surface area contributed by atoms with E-state index in [-0.39, 0.29) is 19.1 Å². The van der Waals surface area contributed by atoms with Gasteiger partial charge in [0.15, 0.2) is 0 Å². The van der Waals surface area contributed by atoms with Gasteiger partial charge in [-0.15, -0.1) is 0 Å².